The highest BCUT2D eigenvalue weighted by Crippen LogP contribution is 2.28. The molecule has 0 atom stereocenters. The highest BCUT2D eigenvalue weighted by molar-refractivity contribution is 7.14. The van der Waals surface area contributed by atoms with Crippen LogP contribution in [0.15, 0.2) is 5.38 Å². The average Bonchev–Trinajstić information content (AvgIpc) is 3.01. The summed E-state index contributed by atoms with van der Waals surface area (Å²) in [5.41, 5.74) is 0.406. The topological polar surface area (TPSA) is 65.5 Å². The van der Waals surface area contributed by atoms with Crippen LogP contribution in [0.4, 0.5) is 9.93 Å². The van der Waals surface area contributed by atoms with Gasteiger partial charge in [0.05, 0.1) is 0 Å². The summed E-state index contributed by atoms with van der Waals surface area (Å²) in [4.78, 5) is 31.2. The van der Waals surface area contributed by atoms with Crippen molar-refractivity contribution >= 4 is 28.4 Å². The van der Waals surface area contributed by atoms with Gasteiger partial charge in [-0.15, -0.1) is 11.3 Å². The van der Waals surface area contributed by atoms with Crippen molar-refractivity contribution in [3.8, 4) is 0 Å². The molecule has 1 N–H and O–H groups in total. The molecule has 2 fully saturated rings. The molecular weight excluding hydrogens is 264 g/mol. The fraction of sp³-hybridized carbons (Fsp3) is 0.583. The van der Waals surface area contributed by atoms with Crippen molar-refractivity contribution in [2.75, 3.05) is 31.6 Å². The molecule has 19 heavy (non-hydrogen) atoms. The lowest BCUT2D eigenvalue weighted by Crippen LogP contribution is -2.29. The van der Waals surface area contributed by atoms with Gasteiger partial charge < -0.3 is 10.2 Å². The lowest BCUT2D eigenvalue weighted by molar-refractivity contribution is 0.0947. The van der Waals surface area contributed by atoms with Crippen LogP contribution in [0.5, 0.6) is 0 Å². The molecule has 0 bridgehead atoms. The fourth-order valence-corrected chi connectivity index (χ4v) is 2.79. The largest absolute Gasteiger partial charge is 0.350 e. The molecule has 1 aromatic heterocycles. The highest BCUT2D eigenvalue weighted by atomic mass is 32.1. The first-order valence-electron chi connectivity index (χ1n) is 6.41. The van der Waals surface area contributed by atoms with E-state index in [1.165, 1.54) is 24.2 Å². The van der Waals surface area contributed by atoms with Gasteiger partial charge in [-0.05, 0) is 18.8 Å². The van der Waals surface area contributed by atoms with E-state index < -0.39 is 0 Å². The summed E-state index contributed by atoms with van der Waals surface area (Å²) >= 11 is 1.34. The second-order valence-corrected chi connectivity index (χ2v) is 5.86. The molecular formula is C12H16N4O2S. The van der Waals surface area contributed by atoms with Crippen molar-refractivity contribution in [1.29, 1.82) is 0 Å². The SMILES string of the molecule is CN1CCN(c2nc(C(=O)NCC3CC3)cs2)C1=O. The first-order valence-corrected chi connectivity index (χ1v) is 7.29. The summed E-state index contributed by atoms with van der Waals surface area (Å²) in [6.45, 7) is 2.06. The lowest BCUT2D eigenvalue weighted by Gasteiger charge is -2.11. The van der Waals surface area contributed by atoms with Crippen molar-refractivity contribution in [3.63, 3.8) is 0 Å². The van der Waals surface area contributed by atoms with Crippen molar-refractivity contribution < 1.29 is 9.59 Å². The predicted octanol–water partition coefficient (Wildman–Crippen LogP) is 1.15. The Kier molecular flexibility index (Phi) is 3.14. The van der Waals surface area contributed by atoms with E-state index in [9.17, 15) is 9.59 Å². The van der Waals surface area contributed by atoms with Gasteiger partial charge in [-0.1, -0.05) is 0 Å². The van der Waals surface area contributed by atoms with E-state index in [4.69, 9.17) is 0 Å². The Labute approximate surface area is 115 Å². The van der Waals surface area contributed by atoms with Crippen LogP contribution in [0.3, 0.4) is 0 Å². The number of hydrogen-bond donors (Lipinski definition) is 1. The van der Waals surface area contributed by atoms with Crippen LogP contribution < -0.4 is 10.2 Å². The van der Waals surface area contributed by atoms with E-state index in [-0.39, 0.29) is 11.9 Å². The Bertz CT molecular complexity index is 512. The Balaban J connectivity index is 1.65. The molecule has 1 aromatic rings. The van der Waals surface area contributed by atoms with Gasteiger partial charge in [0.1, 0.15) is 5.69 Å². The quantitative estimate of drug-likeness (QED) is 0.900. The third-order valence-corrected chi connectivity index (χ3v) is 4.28. The average molecular weight is 280 g/mol. The molecule has 1 aliphatic carbocycles. The molecule has 1 saturated carbocycles. The minimum atomic E-state index is -0.144. The maximum Gasteiger partial charge on any atom is 0.326 e. The van der Waals surface area contributed by atoms with Crippen LogP contribution in [-0.2, 0) is 0 Å². The molecule has 7 heteroatoms. The summed E-state index contributed by atoms with van der Waals surface area (Å²) in [5, 5.41) is 5.19. The maximum atomic E-state index is 11.9. The van der Waals surface area contributed by atoms with Crippen molar-refractivity contribution in [2.24, 2.45) is 5.92 Å². The molecule has 3 rings (SSSR count). The molecule has 0 aromatic carbocycles. The maximum absolute atomic E-state index is 11.9. The number of amides is 3. The number of urea groups is 1. The minimum absolute atomic E-state index is 0.0562. The zero-order chi connectivity index (χ0) is 13.4. The standard InChI is InChI=1S/C12H16N4O2S/c1-15-4-5-16(12(15)18)11-14-9(7-19-11)10(17)13-6-8-2-3-8/h7-8H,2-6H2,1H3,(H,13,17). The second-order valence-electron chi connectivity index (χ2n) is 5.02. The number of rotatable bonds is 4. The summed E-state index contributed by atoms with van der Waals surface area (Å²) in [6, 6.07) is -0.0562. The van der Waals surface area contributed by atoms with E-state index in [1.54, 1.807) is 22.2 Å². The second kappa shape index (κ2) is 4.80. The third kappa shape index (κ3) is 2.56. The number of thiazole rings is 1. The summed E-state index contributed by atoms with van der Waals surface area (Å²) in [6.07, 6.45) is 2.41. The van der Waals surface area contributed by atoms with Gasteiger partial charge in [0.25, 0.3) is 5.91 Å². The fourth-order valence-electron chi connectivity index (χ4n) is 1.97. The van der Waals surface area contributed by atoms with E-state index in [2.05, 4.69) is 10.3 Å². The molecule has 0 unspecified atom stereocenters. The molecule has 1 saturated heterocycles. The summed E-state index contributed by atoms with van der Waals surface area (Å²) < 4.78 is 0. The highest BCUT2D eigenvalue weighted by Gasteiger charge is 2.29. The van der Waals surface area contributed by atoms with Gasteiger partial charge in [0.15, 0.2) is 5.13 Å². The summed E-state index contributed by atoms with van der Waals surface area (Å²) in [5.74, 6) is 0.505. The predicted molar refractivity (Wildman–Crippen MR) is 72.5 cm³/mol. The number of nitrogens with one attached hydrogen (secondary N) is 1. The van der Waals surface area contributed by atoms with Gasteiger partial charge in [0.2, 0.25) is 0 Å². The first kappa shape index (κ1) is 12.4. The van der Waals surface area contributed by atoms with E-state index in [0.717, 1.165) is 6.54 Å². The zero-order valence-corrected chi connectivity index (χ0v) is 11.6. The molecule has 6 nitrogen and oxygen atoms in total. The van der Waals surface area contributed by atoms with Crippen LogP contribution in [0, 0.1) is 5.92 Å². The van der Waals surface area contributed by atoms with Gasteiger partial charge in [-0.2, -0.15) is 0 Å². The number of carbonyl (C=O) groups excluding carboxylic acids is 2. The third-order valence-electron chi connectivity index (χ3n) is 3.42. The van der Waals surface area contributed by atoms with Crippen LogP contribution in [0.1, 0.15) is 23.3 Å². The number of carbonyl (C=O) groups is 2. The van der Waals surface area contributed by atoms with Gasteiger partial charge in [-0.3, -0.25) is 9.69 Å². The smallest absolute Gasteiger partial charge is 0.326 e. The molecule has 2 heterocycles. The number of anilines is 1. The van der Waals surface area contributed by atoms with Gasteiger partial charge in [-0.25, -0.2) is 9.78 Å². The summed E-state index contributed by atoms with van der Waals surface area (Å²) in [7, 11) is 1.76. The van der Waals surface area contributed by atoms with Crippen molar-refractivity contribution in [2.45, 2.75) is 12.8 Å². The van der Waals surface area contributed by atoms with Crippen LogP contribution in [0.25, 0.3) is 0 Å². The number of hydrogen-bond acceptors (Lipinski definition) is 4. The Hall–Kier alpha value is -1.63. The Morgan fingerprint density at radius 3 is 2.95 bits per heavy atom. The monoisotopic (exact) mass is 280 g/mol. The number of likely N-dealkylation sites (N-methyl/N-ethyl adjacent to an activating group) is 1. The Morgan fingerprint density at radius 2 is 2.32 bits per heavy atom. The molecule has 102 valence electrons. The molecule has 2 aliphatic rings. The number of nitrogens with zero attached hydrogens (tertiary/aromatic N) is 3. The van der Waals surface area contributed by atoms with E-state index in [0.29, 0.717) is 29.8 Å². The number of aromatic nitrogens is 1. The molecule has 3 amide bonds. The van der Waals surface area contributed by atoms with E-state index >= 15 is 0 Å². The van der Waals surface area contributed by atoms with Crippen LogP contribution in [-0.4, -0.2) is 48.5 Å². The lowest BCUT2D eigenvalue weighted by atomic mass is 10.4. The van der Waals surface area contributed by atoms with Gasteiger partial charge >= 0.3 is 6.03 Å². The zero-order valence-electron chi connectivity index (χ0n) is 10.8. The first-order chi connectivity index (χ1) is 9.15. The van der Waals surface area contributed by atoms with E-state index in [1.807, 2.05) is 0 Å². The molecule has 0 spiro atoms. The van der Waals surface area contributed by atoms with Crippen molar-refractivity contribution in [1.82, 2.24) is 15.2 Å². The van der Waals surface area contributed by atoms with Crippen molar-refractivity contribution in [3.05, 3.63) is 11.1 Å². The molecule has 1 aliphatic heterocycles. The van der Waals surface area contributed by atoms with Crippen LogP contribution in [0.2, 0.25) is 0 Å². The minimum Gasteiger partial charge on any atom is -0.350 e. The van der Waals surface area contributed by atoms with Gasteiger partial charge in [0, 0.05) is 32.1 Å². The van der Waals surface area contributed by atoms with Crippen LogP contribution >= 0.6 is 11.3 Å². The molecule has 0 radical (unpaired) electrons. The normalized spacial score (nSPS) is 19.1. The Morgan fingerprint density at radius 1 is 1.53 bits per heavy atom.